The molecule has 3 aromatic rings. The molecular weight excluding hydrogens is 436 g/mol. The number of anilines is 3. The van der Waals surface area contributed by atoms with Gasteiger partial charge in [0.05, 0.1) is 29.5 Å². The lowest BCUT2D eigenvalue weighted by Gasteiger charge is -2.45. The Balaban J connectivity index is 1.46. The molecule has 0 aromatic carbocycles. The Morgan fingerprint density at radius 3 is 2.79 bits per heavy atom. The summed E-state index contributed by atoms with van der Waals surface area (Å²) in [5, 5.41) is 20.5. The van der Waals surface area contributed by atoms with Crippen LogP contribution in [0, 0.1) is 5.92 Å². The monoisotopic (exact) mass is 466 g/mol. The molecule has 0 saturated heterocycles. The number of pyridine rings is 1. The van der Waals surface area contributed by atoms with Gasteiger partial charge in [0.15, 0.2) is 11.4 Å². The van der Waals surface area contributed by atoms with Gasteiger partial charge < -0.3 is 25.0 Å². The molecular formula is C24H30N6O4. The highest BCUT2D eigenvalue weighted by molar-refractivity contribution is 6.01. The molecule has 0 bridgehead atoms. The van der Waals surface area contributed by atoms with Crippen LogP contribution in [-0.4, -0.2) is 55.9 Å². The largest absolute Gasteiger partial charge is 0.391 e. The minimum Gasteiger partial charge on any atom is -0.391 e. The summed E-state index contributed by atoms with van der Waals surface area (Å²) in [5.74, 6) is 1.17. The number of hydrogen-bond acceptors (Lipinski definition) is 8. The average molecular weight is 467 g/mol. The van der Waals surface area contributed by atoms with E-state index in [0.29, 0.717) is 41.4 Å². The molecule has 10 nitrogen and oxygen atoms in total. The van der Waals surface area contributed by atoms with Crippen molar-refractivity contribution in [1.29, 1.82) is 0 Å². The summed E-state index contributed by atoms with van der Waals surface area (Å²) >= 11 is 0. The number of nitrogens with one attached hydrogen (secondary N) is 2. The molecule has 0 unspecified atom stereocenters. The van der Waals surface area contributed by atoms with E-state index in [1.165, 1.54) is 0 Å². The Bertz CT molecular complexity index is 1300. The van der Waals surface area contributed by atoms with Crippen LogP contribution in [0.2, 0.25) is 0 Å². The molecule has 34 heavy (non-hydrogen) atoms. The van der Waals surface area contributed by atoms with Gasteiger partial charge in [0.25, 0.3) is 5.56 Å². The van der Waals surface area contributed by atoms with Crippen LogP contribution in [0.4, 0.5) is 17.3 Å². The molecule has 0 aliphatic heterocycles. The first-order valence-electron chi connectivity index (χ1n) is 11.7. The first kappa shape index (κ1) is 22.5. The van der Waals surface area contributed by atoms with Crippen LogP contribution < -0.4 is 16.2 Å². The second-order valence-electron chi connectivity index (χ2n) is 9.42. The van der Waals surface area contributed by atoms with Gasteiger partial charge in [-0.05, 0) is 50.7 Å². The number of nitrogens with zero attached hydrogens (tertiary/aromatic N) is 4. The number of aliphatic hydroxyl groups is 1. The summed E-state index contributed by atoms with van der Waals surface area (Å²) in [6.45, 7) is 2.04. The Morgan fingerprint density at radius 2 is 2.18 bits per heavy atom. The third kappa shape index (κ3) is 3.67. The summed E-state index contributed by atoms with van der Waals surface area (Å²) in [4.78, 5) is 30.8. The topological polar surface area (TPSA) is 123 Å². The molecule has 0 radical (unpaired) electrons. The molecule has 3 heterocycles. The van der Waals surface area contributed by atoms with Gasteiger partial charge in [0.1, 0.15) is 17.3 Å². The number of hydrogen-bond donors (Lipinski definition) is 3. The molecule has 2 fully saturated rings. The Hall–Kier alpha value is -3.24. The minimum absolute atomic E-state index is 0.0317. The molecule has 10 heteroatoms. The smallest absolute Gasteiger partial charge is 0.274 e. The number of carbonyl (C=O) groups is 1. The van der Waals surface area contributed by atoms with Gasteiger partial charge >= 0.3 is 0 Å². The van der Waals surface area contributed by atoms with E-state index in [9.17, 15) is 14.7 Å². The van der Waals surface area contributed by atoms with Crippen molar-refractivity contribution in [2.75, 3.05) is 24.8 Å². The van der Waals surface area contributed by atoms with Crippen molar-refractivity contribution in [3.63, 3.8) is 0 Å². The number of rotatable bonds is 8. The van der Waals surface area contributed by atoms with E-state index in [-0.39, 0.29) is 28.9 Å². The molecule has 2 aliphatic carbocycles. The van der Waals surface area contributed by atoms with E-state index in [4.69, 9.17) is 4.74 Å². The lowest BCUT2D eigenvalue weighted by Crippen LogP contribution is -2.46. The third-order valence-electron chi connectivity index (χ3n) is 7.58. The molecule has 0 amide bonds. The van der Waals surface area contributed by atoms with Crippen LogP contribution in [0.15, 0.2) is 35.4 Å². The first-order valence-corrected chi connectivity index (χ1v) is 11.7. The molecule has 0 spiro atoms. The van der Waals surface area contributed by atoms with E-state index in [1.54, 1.807) is 53.8 Å². The van der Waals surface area contributed by atoms with Crippen molar-refractivity contribution in [3.05, 3.63) is 46.5 Å². The Morgan fingerprint density at radius 1 is 1.35 bits per heavy atom. The van der Waals surface area contributed by atoms with Gasteiger partial charge in [-0.2, -0.15) is 9.61 Å². The van der Waals surface area contributed by atoms with Gasteiger partial charge in [-0.3, -0.25) is 9.59 Å². The highest BCUT2D eigenvalue weighted by Crippen LogP contribution is 2.43. The van der Waals surface area contributed by atoms with Crippen molar-refractivity contribution >= 4 is 28.8 Å². The summed E-state index contributed by atoms with van der Waals surface area (Å²) in [6, 6.07) is 4.98. The number of ether oxygens (including phenoxy) is 1. The molecule has 3 aromatic heterocycles. The second-order valence-corrected chi connectivity index (χ2v) is 9.42. The number of ketones is 1. The van der Waals surface area contributed by atoms with Crippen molar-refractivity contribution in [2.24, 2.45) is 5.92 Å². The summed E-state index contributed by atoms with van der Waals surface area (Å²) in [6.07, 6.45) is 6.46. The number of aromatic nitrogens is 4. The van der Waals surface area contributed by atoms with Crippen LogP contribution in [0.25, 0.3) is 5.65 Å². The quantitative estimate of drug-likeness (QED) is 0.433. The van der Waals surface area contributed by atoms with E-state index in [2.05, 4.69) is 20.7 Å². The van der Waals surface area contributed by atoms with E-state index >= 15 is 0 Å². The summed E-state index contributed by atoms with van der Waals surface area (Å²) in [5.41, 5.74) is 0.707. The SMILES string of the molecule is CNc1cc(Nc2cccn([C@H]3CC[C@H]3O)c2=O)nc2c(C(=O)C[C@@H]3CC[C@@]3(C)OC)cnn12. The maximum absolute atomic E-state index is 13.2. The minimum atomic E-state index is -0.505. The highest BCUT2D eigenvalue weighted by atomic mass is 16.5. The van der Waals surface area contributed by atoms with Crippen molar-refractivity contribution in [1.82, 2.24) is 19.2 Å². The van der Waals surface area contributed by atoms with E-state index < -0.39 is 6.10 Å². The fraction of sp³-hybridized carbons (Fsp3) is 0.500. The molecule has 2 saturated carbocycles. The normalized spacial score (nSPS) is 26.1. The van der Waals surface area contributed by atoms with Crippen LogP contribution in [0.1, 0.15) is 55.4 Å². The fourth-order valence-electron chi connectivity index (χ4n) is 4.87. The number of carbonyl (C=O) groups excluding carboxylic acids is 1. The standard InChI is InChI=1S/C24H30N6O4/c1-24(34-3)9-8-14(24)11-19(32)15-13-26-30-21(25-2)12-20(28-22(15)30)27-16-5-4-10-29(23(16)33)17-6-7-18(17)31/h4-5,10,12-14,17-18,25,31H,6-9,11H2,1-3H3,(H,27,28)/t14-,17-,18+,24+/m0/s1. The maximum Gasteiger partial charge on any atom is 0.274 e. The molecule has 4 atom stereocenters. The van der Waals surface area contributed by atoms with Crippen LogP contribution in [0.3, 0.4) is 0 Å². The number of Topliss-reactive ketones (excluding diaryl/α,β-unsaturated/α-hetero) is 1. The molecule has 180 valence electrons. The molecule has 5 rings (SSSR count). The van der Waals surface area contributed by atoms with Gasteiger partial charge in [0, 0.05) is 32.8 Å². The van der Waals surface area contributed by atoms with Gasteiger partial charge in [-0.1, -0.05) is 0 Å². The zero-order valence-corrected chi connectivity index (χ0v) is 19.6. The summed E-state index contributed by atoms with van der Waals surface area (Å²) < 4.78 is 8.76. The Kier molecular flexibility index (Phi) is 5.65. The second kappa shape index (κ2) is 8.52. The van der Waals surface area contributed by atoms with Crippen molar-refractivity contribution in [2.45, 2.75) is 56.8 Å². The van der Waals surface area contributed by atoms with Gasteiger partial charge in [0.2, 0.25) is 0 Å². The number of aliphatic hydroxyl groups excluding tert-OH is 1. The molecule has 2 aliphatic rings. The zero-order chi connectivity index (χ0) is 24.0. The van der Waals surface area contributed by atoms with E-state index in [1.807, 2.05) is 6.92 Å². The van der Waals surface area contributed by atoms with Crippen LogP contribution in [-0.2, 0) is 4.74 Å². The van der Waals surface area contributed by atoms with Crippen molar-refractivity contribution < 1.29 is 14.6 Å². The zero-order valence-electron chi connectivity index (χ0n) is 19.6. The molecule has 3 N–H and O–H groups in total. The lowest BCUT2D eigenvalue weighted by atomic mass is 9.68. The summed E-state index contributed by atoms with van der Waals surface area (Å²) in [7, 11) is 3.45. The highest BCUT2D eigenvalue weighted by Gasteiger charge is 2.44. The van der Waals surface area contributed by atoms with E-state index in [0.717, 1.165) is 19.3 Å². The van der Waals surface area contributed by atoms with Crippen LogP contribution >= 0.6 is 0 Å². The number of fused-ring (bicyclic) bond motifs is 1. The average Bonchev–Trinajstić information content (AvgIpc) is 3.26. The van der Waals surface area contributed by atoms with Crippen molar-refractivity contribution in [3.8, 4) is 0 Å². The predicted octanol–water partition coefficient (Wildman–Crippen LogP) is 2.76. The first-order chi connectivity index (χ1) is 16.3. The number of methoxy groups -OCH3 is 1. The fourth-order valence-corrected chi connectivity index (χ4v) is 4.87. The third-order valence-corrected chi connectivity index (χ3v) is 7.58. The predicted molar refractivity (Wildman–Crippen MR) is 128 cm³/mol. The van der Waals surface area contributed by atoms with Gasteiger partial charge in [-0.25, -0.2) is 4.98 Å². The van der Waals surface area contributed by atoms with Crippen LogP contribution in [0.5, 0.6) is 0 Å². The maximum atomic E-state index is 13.2. The Labute approximate surface area is 197 Å². The van der Waals surface area contributed by atoms with Gasteiger partial charge in [-0.15, -0.1) is 0 Å². The lowest BCUT2D eigenvalue weighted by molar-refractivity contribution is -0.108.